The molecule has 4 rings (SSSR count). The van der Waals surface area contributed by atoms with Crippen LogP contribution in [0.3, 0.4) is 0 Å². The van der Waals surface area contributed by atoms with Crippen molar-refractivity contribution in [3.63, 3.8) is 0 Å². The lowest BCUT2D eigenvalue weighted by Gasteiger charge is -2.19. The van der Waals surface area contributed by atoms with E-state index < -0.39 is 0 Å². The third-order valence-corrected chi connectivity index (χ3v) is 6.40. The number of aryl methyl sites for hydroxylation is 2. The van der Waals surface area contributed by atoms with Crippen LogP contribution in [-0.2, 0) is 0 Å². The lowest BCUT2D eigenvalue weighted by Crippen LogP contribution is -1.96. The monoisotopic (exact) mass is 430 g/mol. The number of aromatic hydroxyl groups is 4. The van der Waals surface area contributed by atoms with Gasteiger partial charge in [-0.3, -0.25) is 0 Å². The fraction of sp³-hybridized carbons (Fsp3) is 0.286. The fourth-order valence-electron chi connectivity index (χ4n) is 4.87. The molecule has 0 aliphatic carbocycles. The molecule has 0 atom stereocenters. The molecule has 32 heavy (non-hydrogen) atoms. The van der Waals surface area contributed by atoms with Crippen LogP contribution in [0.2, 0.25) is 0 Å². The maximum atomic E-state index is 10.4. The Hall–Kier alpha value is -3.40. The summed E-state index contributed by atoms with van der Waals surface area (Å²) in [5, 5.41) is 45.1. The van der Waals surface area contributed by atoms with Crippen LogP contribution in [0.15, 0.2) is 36.4 Å². The molecule has 0 spiro atoms. The molecule has 0 heterocycles. The van der Waals surface area contributed by atoms with E-state index >= 15 is 0 Å². The lowest BCUT2D eigenvalue weighted by molar-refractivity contribution is 0.399. The number of hydrogen-bond donors (Lipinski definition) is 4. The van der Waals surface area contributed by atoms with Crippen LogP contribution >= 0.6 is 0 Å². The Morgan fingerprint density at radius 2 is 0.875 bits per heavy atom. The van der Waals surface area contributed by atoms with Crippen LogP contribution in [0.5, 0.6) is 23.0 Å². The van der Waals surface area contributed by atoms with Gasteiger partial charge in [-0.15, -0.1) is 0 Å². The van der Waals surface area contributed by atoms with Crippen LogP contribution in [0.4, 0.5) is 0 Å². The molecule has 0 saturated carbocycles. The summed E-state index contributed by atoms with van der Waals surface area (Å²) in [6.07, 6.45) is 0. The number of fused-ring (bicyclic) bond motifs is 2. The summed E-state index contributed by atoms with van der Waals surface area (Å²) in [7, 11) is 0. The molecule has 0 aliphatic rings. The number of hydrogen-bond acceptors (Lipinski definition) is 4. The zero-order valence-electron chi connectivity index (χ0n) is 19.4. The van der Waals surface area contributed by atoms with Crippen molar-refractivity contribution in [2.24, 2.45) is 0 Å². The van der Waals surface area contributed by atoms with Crippen molar-refractivity contribution >= 4 is 21.5 Å². The highest BCUT2D eigenvalue weighted by atomic mass is 16.3. The smallest absolute Gasteiger partial charge is 0.161 e. The summed E-state index contributed by atoms with van der Waals surface area (Å²) in [4.78, 5) is 0. The van der Waals surface area contributed by atoms with Crippen molar-refractivity contribution in [3.05, 3.63) is 58.7 Å². The second-order valence-electron chi connectivity index (χ2n) is 9.40. The summed E-state index contributed by atoms with van der Waals surface area (Å²) < 4.78 is 0. The van der Waals surface area contributed by atoms with Gasteiger partial charge in [0.05, 0.1) is 0 Å². The SMILES string of the molecule is Cc1cc2c(C(C)C)c(O)c(O)cc2cc1-c1cc2cc(O)c(O)c(C(C)C)c2cc1C. The minimum Gasteiger partial charge on any atom is -0.504 e. The predicted molar refractivity (Wildman–Crippen MR) is 131 cm³/mol. The van der Waals surface area contributed by atoms with Gasteiger partial charge in [0.15, 0.2) is 23.0 Å². The minimum atomic E-state index is -0.117. The molecule has 0 bridgehead atoms. The largest absolute Gasteiger partial charge is 0.504 e. The minimum absolute atomic E-state index is 0.0574. The Labute approximate surface area is 188 Å². The second-order valence-corrected chi connectivity index (χ2v) is 9.40. The first kappa shape index (κ1) is 21.8. The Morgan fingerprint density at radius 1 is 0.531 bits per heavy atom. The van der Waals surface area contributed by atoms with E-state index in [0.29, 0.717) is 0 Å². The summed E-state index contributed by atoms with van der Waals surface area (Å²) in [5.74, 6) is -0.234. The van der Waals surface area contributed by atoms with Crippen molar-refractivity contribution in [3.8, 4) is 34.1 Å². The molecule has 4 aromatic rings. The van der Waals surface area contributed by atoms with E-state index in [2.05, 4.69) is 12.1 Å². The van der Waals surface area contributed by atoms with E-state index in [-0.39, 0.29) is 34.8 Å². The van der Waals surface area contributed by atoms with Crippen molar-refractivity contribution in [1.82, 2.24) is 0 Å². The molecule has 166 valence electrons. The molecule has 0 aromatic heterocycles. The summed E-state index contributed by atoms with van der Waals surface area (Å²) in [5.41, 5.74) is 5.64. The van der Waals surface area contributed by atoms with Crippen LogP contribution in [0.1, 0.15) is 61.8 Å². The Balaban J connectivity index is 2.03. The first-order chi connectivity index (χ1) is 15.0. The van der Waals surface area contributed by atoms with E-state index in [1.165, 1.54) is 0 Å². The normalized spacial score (nSPS) is 11.9. The molecular formula is C28H30O4. The predicted octanol–water partition coefficient (Wildman–Crippen LogP) is 7.35. The molecule has 4 aromatic carbocycles. The van der Waals surface area contributed by atoms with E-state index in [4.69, 9.17) is 0 Å². The number of phenolic OH excluding ortho intramolecular Hbond substituents is 4. The molecule has 4 heteroatoms. The lowest BCUT2D eigenvalue weighted by atomic mass is 9.86. The average Bonchev–Trinajstić information content (AvgIpc) is 2.69. The van der Waals surface area contributed by atoms with Crippen LogP contribution in [0.25, 0.3) is 32.7 Å². The third-order valence-electron chi connectivity index (χ3n) is 6.40. The van der Waals surface area contributed by atoms with E-state index in [1.807, 2.05) is 53.7 Å². The highest BCUT2D eigenvalue weighted by Gasteiger charge is 2.20. The highest BCUT2D eigenvalue weighted by molar-refractivity contribution is 5.98. The van der Waals surface area contributed by atoms with Crippen molar-refractivity contribution < 1.29 is 20.4 Å². The van der Waals surface area contributed by atoms with Gasteiger partial charge < -0.3 is 20.4 Å². The molecule has 0 fully saturated rings. The molecule has 0 radical (unpaired) electrons. The van der Waals surface area contributed by atoms with E-state index in [1.54, 1.807) is 12.1 Å². The maximum Gasteiger partial charge on any atom is 0.161 e. The van der Waals surface area contributed by atoms with Gasteiger partial charge in [0, 0.05) is 11.1 Å². The molecule has 4 N–H and O–H groups in total. The van der Waals surface area contributed by atoms with Crippen molar-refractivity contribution in [2.75, 3.05) is 0 Å². The standard InChI is InChI=1S/C28H30O4/c1-13(2)25-21-7-15(5)19(9-17(21)11-23(29)27(25)31)20-10-18-12-24(30)28(32)26(14(3)4)22(18)8-16(20)6/h7-14,29-32H,1-6H3. The third kappa shape index (κ3) is 3.31. The number of benzene rings is 4. The Kier molecular flexibility index (Phi) is 5.20. The first-order valence-electron chi connectivity index (χ1n) is 11.0. The topological polar surface area (TPSA) is 80.9 Å². The fourth-order valence-corrected chi connectivity index (χ4v) is 4.87. The van der Waals surface area contributed by atoms with E-state index in [0.717, 1.165) is 54.9 Å². The Bertz CT molecular complexity index is 1270. The van der Waals surface area contributed by atoms with Gasteiger partial charge in [-0.25, -0.2) is 0 Å². The average molecular weight is 431 g/mol. The molecule has 0 aliphatic heterocycles. The van der Waals surface area contributed by atoms with Crippen LogP contribution < -0.4 is 0 Å². The maximum absolute atomic E-state index is 10.4. The zero-order valence-corrected chi connectivity index (χ0v) is 19.4. The Morgan fingerprint density at radius 3 is 1.19 bits per heavy atom. The van der Waals surface area contributed by atoms with Gasteiger partial charge in [-0.2, -0.15) is 0 Å². The number of phenols is 4. The van der Waals surface area contributed by atoms with Crippen molar-refractivity contribution in [2.45, 2.75) is 53.4 Å². The summed E-state index contributed by atoms with van der Waals surface area (Å²) in [6, 6.07) is 11.4. The van der Waals surface area contributed by atoms with Crippen molar-refractivity contribution in [1.29, 1.82) is 0 Å². The van der Waals surface area contributed by atoms with E-state index in [9.17, 15) is 20.4 Å². The second kappa shape index (κ2) is 7.63. The van der Waals surface area contributed by atoms with Gasteiger partial charge in [-0.05, 0) is 93.7 Å². The summed E-state index contributed by atoms with van der Waals surface area (Å²) >= 11 is 0. The molecule has 0 saturated heterocycles. The van der Waals surface area contributed by atoms with Gasteiger partial charge >= 0.3 is 0 Å². The first-order valence-corrected chi connectivity index (χ1v) is 11.0. The van der Waals surface area contributed by atoms with Crippen LogP contribution in [0, 0.1) is 13.8 Å². The summed E-state index contributed by atoms with van der Waals surface area (Å²) in [6.45, 7) is 12.1. The van der Waals surface area contributed by atoms with Crippen LogP contribution in [-0.4, -0.2) is 20.4 Å². The molecule has 0 amide bonds. The zero-order chi connectivity index (χ0) is 23.5. The quantitative estimate of drug-likeness (QED) is 0.256. The van der Waals surface area contributed by atoms with Gasteiger partial charge in [0.25, 0.3) is 0 Å². The number of rotatable bonds is 3. The molecular weight excluding hydrogens is 400 g/mol. The van der Waals surface area contributed by atoms with Gasteiger partial charge in [0.2, 0.25) is 0 Å². The van der Waals surface area contributed by atoms with Gasteiger partial charge in [-0.1, -0.05) is 39.8 Å². The molecule has 0 unspecified atom stereocenters. The highest BCUT2D eigenvalue weighted by Crippen LogP contribution is 2.45. The van der Waals surface area contributed by atoms with Gasteiger partial charge in [0.1, 0.15) is 0 Å². The molecule has 4 nitrogen and oxygen atoms in total.